The van der Waals surface area contributed by atoms with Gasteiger partial charge < -0.3 is 26.0 Å². The van der Waals surface area contributed by atoms with Gasteiger partial charge in [-0.2, -0.15) is 0 Å². The lowest BCUT2D eigenvalue weighted by molar-refractivity contribution is -0.191. The van der Waals surface area contributed by atoms with Gasteiger partial charge in [-0.15, -0.1) is 0 Å². The third-order valence-corrected chi connectivity index (χ3v) is 10.4. The Kier molecular flexibility index (Phi) is 8.02. The number of carbonyl (C=O) groups is 2. The molecule has 218 valence electrons. The third-order valence-electron chi connectivity index (χ3n) is 7.72. The van der Waals surface area contributed by atoms with Crippen LogP contribution in [-0.4, -0.2) is 64.7 Å². The molecule has 0 heterocycles. The van der Waals surface area contributed by atoms with Crippen LogP contribution < -0.4 is 10.6 Å². The highest BCUT2D eigenvalue weighted by atomic mass is 35.5. The number of halogens is 4. The van der Waals surface area contributed by atoms with Crippen LogP contribution in [-0.2, 0) is 14.6 Å². The van der Waals surface area contributed by atoms with Gasteiger partial charge in [-0.05, 0) is 63.1 Å². The first-order chi connectivity index (χ1) is 18.5. The van der Waals surface area contributed by atoms with Crippen molar-refractivity contribution in [2.24, 2.45) is 11.8 Å². The number of hydrogen-bond donors (Lipinski definition) is 5. The number of hydrogen-bond acceptors (Lipinski definition) is 7. The fraction of sp³-hybridized carbons (Fsp3) is 0.462. The quantitative estimate of drug-likeness (QED) is 0.290. The molecule has 3 aliphatic rings. The molecule has 3 aliphatic carbocycles. The maximum atomic E-state index is 13.5. The van der Waals surface area contributed by atoms with Crippen molar-refractivity contribution < 1.29 is 46.5 Å². The average Bonchev–Trinajstić information content (AvgIpc) is 2.88. The summed E-state index contributed by atoms with van der Waals surface area (Å²) in [7, 11) is -4.16. The molecule has 5 N–H and O–H groups in total. The maximum Gasteiger partial charge on any atom is 0.255 e. The number of rotatable bonds is 8. The number of carbonyl (C=O) groups excluding carboxylic acids is 2. The number of amides is 2. The second-order valence-corrected chi connectivity index (χ2v) is 13.4. The number of nitrogens with one attached hydrogen (secondary N) is 2. The molecule has 9 nitrogen and oxygen atoms in total. The van der Waals surface area contributed by atoms with Crippen LogP contribution in [0.4, 0.5) is 18.9 Å². The van der Waals surface area contributed by atoms with Crippen molar-refractivity contribution in [1.82, 2.24) is 5.32 Å². The molecule has 14 heteroatoms. The van der Waals surface area contributed by atoms with Gasteiger partial charge in [0, 0.05) is 29.9 Å². The molecule has 2 bridgehead atoms. The zero-order chi connectivity index (χ0) is 29.8. The summed E-state index contributed by atoms with van der Waals surface area (Å²) in [6, 6.07) is 4.54. The molecule has 0 aliphatic heterocycles. The van der Waals surface area contributed by atoms with Crippen molar-refractivity contribution in [3.63, 3.8) is 0 Å². The number of benzene rings is 2. The predicted octanol–water partition coefficient (Wildman–Crippen LogP) is 2.56. The Morgan fingerprint density at radius 1 is 1.10 bits per heavy atom. The molecular formula is C26H28ClF3N2O7S. The monoisotopic (exact) mass is 604 g/mol. The van der Waals surface area contributed by atoms with E-state index in [1.807, 2.05) is 0 Å². The summed E-state index contributed by atoms with van der Waals surface area (Å²) in [5.41, 5.74) is -3.91. The number of sulfone groups is 1. The van der Waals surface area contributed by atoms with Crippen molar-refractivity contribution in [2.75, 3.05) is 11.9 Å². The highest BCUT2D eigenvalue weighted by Gasteiger charge is 2.64. The molecule has 5 rings (SSSR count). The number of fused-ring (bicyclic) bond motifs is 2. The molecular weight excluding hydrogens is 577 g/mol. The second-order valence-electron chi connectivity index (χ2n) is 10.8. The molecule has 2 aromatic rings. The van der Waals surface area contributed by atoms with Gasteiger partial charge >= 0.3 is 0 Å². The molecule has 0 spiro atoms. The Labute approximate surface area is 233 Å². The lowest BCUT2D eigenvalue weighted by Gasteiger charge is -2.56. The molecule has 2 aromatic carbocycles. The fourth-order valence-corrected chi connectivity index (χ4v) is 7.64. The van der Waals surface area contributed by atoms with Crippen molar-refractivity contribution >= 4 is 38.9 Å². The van der Waals surface area contributed by atoms with Gasteiger partial charge in [0.1, 0.15) is 5.60 Å². The lowest BCUT2D eigenvalue weighted by Crippen LogP contribution is -2.69. The maximum absolute atomic E-state index is 13.5. The fourth-order valence-electron chi connectivity index (χ4n) is 5.24. The minimum atomic E-state index is -4.16. The summed E-state index contributed by atoms with van der Waals surface area (Å²) in [6.07, 6.45) is -1.03. The molecule has 0 radical (unpaired) electrons. The van der Waals surface area contributed by atoms with Gasteiger partial charge in [0.05, 0.1) is 26.9 Å². The van der Waals surface area contributed by atoms with E-state index in [4.69, 9.17) is 11.6 Å². The zero-order valence-electron chi connectivity index (χ0n) is 21.4. The van der Waals surface area contributed by atoms with Crippen molar-refractivity contribution in [3.05, 3.63) is 58.4 Å². The molecule has 3 saturated carbocycles. The molecule has 3 atom stereocenters. The lowest BCUT2D eigenvalue weighted by atomic mass is 9.53. The molecule has 0 saturated heterocycles. The topological polar surface area (TPSA) is 153 Å². The van der Waals surface area contributed by atoms with Crippen molar-refractivity contribution in [3.8, 4) is 0 Å². The van der Waals surface area contributed by atoms with Gasteiger partial charge in [-0.3, -0.25) is 9.59 Å². The van der Waals surface area contributed by atoms with Crippen molar-refractivity contribution in [2.45, 2.75) is 60.6 Å². The van der Waals surface area contributed by atoms with E-state index in [0.29, 0.717) is 18.6 Å². The van der Waals surface area contributed by atoms with Crippen LogP contribution >= 0.6 is 11.6 Å². The minimum absolute atomic E-state index is 0.0717. The Balaban J connectivity index is 1.49. The Morgan fingerprint density at radius 2 is 1.68 bits per heavy atom. The van der Waals surface area contributed by atoms with E-state index < -0.39 is 73.5 Å². The average molecular weight is 605 g/mol. The highest BCUT2D eigenvalue weighted by molar-refractivity contribution is 7.92. The van der Waals surface area contributed by atoms with Crippen LogP contribution in [0.3, 0.4) is 0 Å². The van der Waals surface area contributed by atoms with Crippen LogP contribution in [0.25, 0.3) is 0 Å². The molecule has 3 fully saturated rings. The summed E-state index contributed by atoms with van der Waals surface area (Å²) in [4.78, 5) is 25.1. The van der Waals surface area contributed by atoms with Crippen LogP contribution in [0, 0.1) is 29.3 Å². The van der Waals surface area contributed by atoms with Crippen molar-refractivity contribution in [1.29, 1.82) is 0 Å². The number of aliphatic hydroxyl groups is 3. The summed E-state index contributed by atoms with van der Waals surface area (Å²) in [5, 5.41) is 34.3. The Morgan fingerprint density at radius 3 is 2.23 bits per heavy atom. The second kappa shape index (κ2) is 10.6. The van der Waals surface area contributed by atoms with Crippen LogP contribution in [0.1, 0.15) is 43.5 Å². The summed E-state index contributed by atoms with van der Waals surface area (Å²) in [5.74, 6) is -7.83. The standard InChI is InChI=1S/C26H28ClF3N2O7S/c1-25(2,36)21(33)11-31-24(35)26(37)13-6-14(26)8-16(7-13)40(38,39)20-5-12(3-4-17(20)27)23(34)32-15-9-18(28)22(30)19(29)10-15/h3-5,9-10,13-14,16,21,33,36-37H,6-8,11H2,1-2H3,(H,31,35)(H,32,34). The van der Waals surface area contributed by atoms with Gasteiger partial charge in [-0.25, -0.2) is 21.6 Å². The summed E-state index contributed by atoms with van der Waals surface area (Å²) in [6.45, 7) is 2.41. The first kappa shape index (κ1) is 30.3. The van der Waals surface area contributed by atoms with E-state index >= 15 is 0 Å². The first-order valence-electron chi connectivity index (χ1n) is 12.4. The van der Waals surface area contributed by atoms with E-state index in [9.17, 15) is 46.5 Å². The van der Waals surface area contributed by atoms with Gasteiger partial charge in [-0.1, -0.05) is 11.6 Å². The van der Waals surface area contributed by atoms with Gasteiger partial charge in [0.2, 0.25) is 0 Å². The smallest absolute Gasteiger partial charge is 0.255 e. The zero-order valence-corrected chi connectivity index (χ0v) is 23.0. The van der Waals surface area contributed by atoms with Crippen LogP contribution in [0.15, 0.2) is 35.2 Å². The van der Waals surface area contributed by atoms with E-state index in [-0.39, 0.29) is 40.6 Å². The van der Waals surface area contributed by atoms with Gasteiger partial charge in [0.15, 0.2) is 27.3 Å². The molecule has 2 amide bonds. The van der Waals surface area contributed by atoms with Gasteiger partial charge in [0.25, 0.3) is 11.8 Å². The van der Waals surface area contributed by atoms with E-state index in [0.717, 1.165) is 6.07 Å². The number of anilines is 1. The predicted molar refractivity (Wildman–Crippen MR) is 138 cm³/mol. The summed E-state index contributed by atoms with van der Waals surface area (Å²) >= 11 is 6.18. The Hall–Kier alpha value is -2.71. The molecule has 0 aromatic heterocycles. The van der Waals surface area contributed by atoms with Crippen LogP contribution in [0.2, 0.25) is 5.02 Å². The van der Waals surface area contributed by atoms with E-state index in [2.05, 4.69) is 10.6 Å². The normalized spacial score (nSPS) is 25.1. The third kappa shape index (κ3) is 5.45. The van der Waals surface area contributed by atoms with Crippen LogP contribution in [0.5, 0.6) is 0 Å². The molecule has 3 unspecified atom stereocenters. The molecule has 40 heavy (non-hydrogen) atoms. The largest absolute Gasteiger partial charge is 0.388 e. The van der Waals surface area contributed by atoms with E-state index in [1.165, 1.54) is 26.0 Å². The SMILES string of the molecule is CC(C)(O)C(O)CNC(=O)C1(O)C2CC1CC(S(=O)(=O)c1cc(C(=O)Nc3cc(F)c(F)c(F)c3)ccc1Cl)C2. The Bertz CT molecular complexity index is 1430. The summed E-state index contributed by atoms with van der Waals surface area (Å²) < 4.78 is 67.3. The van der Waals surface area contributed by atoms with E-state index in [1.54, 1.807) is 0 Å². The number of aliphatic hydroxyl groups excluding tert-OH is 1. The minimum Gasteiger partial charge on any atom is -0.388 e. The highest BCUT2D eigenvalue weighted by Crippen LogP contribution is 2.55. The first-order valence-corrected chi connectivity index (χ1v) is 14.3.